The van der Waals surface area contributed by atoms with Gasteiger partial charge in [-0.05, 0) is 42.2 Å². The second kappa shape index (κ2) is 9.15. The molecule has 0 bridgehead atoms. The molecule has 4 aromatic rings. The van der Waals surface area contributed by atoms with Crippen molar-refractivity contribution < 1.29 is 14.3 Å². The number of phenols is 1. The Hall–Kier alpha value is -3.90. The van der Waals surface area contributed by atoms with Crippen LogP contribution in [0.5, 0.6) is 5.75 Å². The number of carbonyl (C=O) groups excluding carboxylic acids is 1. The summed E-state index contributed by atoms with van der Waals surface area (Å²) < 4.78 is 6.27. The first kappa shape index (κ1) is 21.9. The van der Waals surface area contributed by atoms with Gasteiger partial charge in [0.2, 0.25) is 11.8 Å². The number of aryl methyl sites for hydroxylation is 1. The van der Waals surface area contributed by atoms with Crippen molar-refractivity contribution >= 4 is 5.91 Å². The molecule has 2 atom stereocenters. The number of phenolic OH excluding ortho intramolecular Hbond substituents is 1. The molecule has 1 amide bonds. The second-order valence-electron chi connectivity index (χ2n) is 8.76. The molecule has 0 saturated carbocycles. The van der Waals surface area contributed by atoms with Crippen LogP contribution in [0, 0.1) is 6.92 Å². The summed E-state index contributed by atoms with van der Waals surface area (Å²) in [6.07, 6.45) is 0.992. The first-order chi connectivity index (χ1) is 16.5. The summed E-state index contributed by atoms with van der Waals surface area (Å²) in [6.45, 7) is 2.37. The van der Waals surface area contributed by atoms with Crippen LogP contribution in [0.1, 0.15) is 34.3 Å². The summed E-state index contributed by atoms with van der Waals surface area (Å²) in [5, 5.41) is 9.54. The van der Waals surface area contributed by atoms with Gasteiger partial charge >= 0.3 is 0 Å². The summed E-state index contributed by atoms with van der Waals surface area (Å²) >= 11 is 0. The van der Waals surface area contributed by atoms with E-state index in [1.54, 1.807) is 29.2 Å². The molecular formula is C28H27N3O3. The van der Waals surface area contributed by atoms with E-state index < -0.39 is 6.04 Å². The highest BCUT2D eigenvalue weighted by molar-refractivity contribution is 5.82. The lowest BCUT2D eigenvalue weighted by molar-refractivity contribution is -0.136. The molecule has 2 heterocycles. The van der Waals surface area contributed by atoms with Crippen molar-refractivity contribution in [1.82, 2.24) is 9.88 Å². The number of aromatic nitrogens is 1. The number of oxazole rings is 1. The number of benzene rings is 3. The molecule has 6 nitrogen and oxygen atoms in total. The van der Waals surface area contributed by atoms with Crippen molar-refractivity contribution in [1.29, 1.82) is 0 Å². The summed E-state index contributed by atoms with van der Waals surface area (Å²) in [5.41, 5.74) is 11.3. The van der Waals surface area contributed by atoms with Crippen molar-refractivity contribution in [3.05, 3.63) is 107 Å². The van der Waals surface area contributed by atoms with Gasteiger partial charge in [-0.3, -0.25) is 4.79 Å². The number of carbonyl (C=O) groups is 1. The van der Waals surface area contributed by atoms with E-state index in [4.69, 9.17) is 15.1 Å². The van der Waals surface area contributed by atoms with Crippen LogP contribution in [0.15, 0.2) is 83.3 Å². The molecule has 5 rings (SSSR count). The monoisotopic (exact) mass is 453 g/mol. The molecule has 1 aromatic heterocycles. The number of hydrogen-bond acceptors (Lipinski definition) is 5. The average Bonchev–Trinajstić information content (AvgIpc) is 3.26. The van der Waals surface area contributed by atoms with Crippen molar-refractivity contribution in [2.75, 3.05) is 0 Å². The number of hydrogen-bond donors (Lipinski definition) is 2. The second-order valence-corrected chi connectivity index (χ2v) is 8.76. The van der Waals surface area contributed by atoms with Crippen LogP contribution in [0.25, 0.3) is 11.3 Å². The molecule has 0 saturated heterocycles. The Bertz CT molecular complexity index is 1300. The van der Waals surface area contributed by atoms with E-state index in [1.807, 2.05) is 55.5 Å². The third kappa shape index (κ3) is 4.32. The van der Waals surface area contributed by atoms with Crippen LogP contribution in [0.2, 0.25) is 0 Å². The first-order valence-electron chi connectivity index (χ1n) is 11.4. The van der Waals surface area contributed by atoms with Gasteiger partial charge in [-0.25, -0.2) is 4.98 Å². The Morgan fingerprint density at radius 1 is 1.06 bits per heavy atom. The Kier molecular flexibility index (Phi) is 5.90. The number of aromatic hydroxyl groups is 1. The largest absolute Gasteiger partial charge is 0.508 e. The fourth-order valence-corrected chi connectivity index (χ4v) is 4.58. The smallest absolute Gasteiger partial charge is 0.240 e. The zero-order valence-corrected chi connectivity index (χ0v) is 19.0. The molecule has 34 heavy (non-hydrogen) atoms. The SMILES string of the molecule is Cc1nc([C@@H]2Cc3ccccc3CN2C(=O)[C@@H](N)Cc2ccc(O)cc2)oc1-c1ccccc1. The molecule has 172 valence electrons. The summed E-state index contributed by atoms with van der Waals surface area (Å²) in [4.78, 5) is 20.1. The molecular weight excluding hydrogens is 426 g/mol. The lowest BCUT2D eigenvalue weighted by Crippen LogP contribution is -2.48. The van der Waals surface area contributed by atoms with Crippen molar-refractivity contribution in [2.24, 2.45) is 5.73 Å². The summed E-state index contributed by atoms with van der Waals surface area (Å²) in [7, 11) is 0. The summed E-state index contributed by atoms with van der Waals surface area (Å²) in [5.74, 6) is 1.28. The highest BCUT2D eigenvalue weighted by atomic mass is 16.4. The maximum absolute atomic E-state index is 13.6. The third-order valence-corrected chi connectivity index (χ3v) is 6.37. The minimum atomic E-state index is -0.720. The Morgan fingerprint density at radius 3 is 2.47 bits per heavy atom. The van der Waals surface area contributed by atoms with Crippen LogP contribution in [0.3, 0.4) is 0 Å². The van der Waals surface area contributed by atoms with Gasteiger partial charge in [0.25, 0.3) is 0 Å². The van der Waals surface area contributed by atoms with Gasteiger partial charge in [0.15, 0.2) is 5.76 Å². The molecule has 0 aliphatic carbocycles. The molecule has 0 spiro atoms. The van der Waals surface area contributed by atoms with E-state index in [-0.39, 0.29) is 17.7 Å². The lowest BCUT2D eigenvalue weighted by Gasteiger charge is -2.36. The highest BCUT2D eigenvalue weighted by Gasteiger charge is 2.36. The van der Waals surface area contributed by atoms with Gasteiger partial charge in [0, 0.05) is 18.5 Å². The molecule has 6 heteroatoms. The third-order valence-electron chi connectivity index (χ3n) is 6.37. The summed E-state index contributed by atoms with van der Waals surface area (Å²) in [6, 6.07) is 23.7. The minimum Gasteiger partial charge on any atom is -0.508 e. The predicted molar refractivity (Wildman–Crippen MR) is 130 cm³/mol. The fourth-order valence-electron chi connectivity index (χ4n) is 4.58. The lowest BCUT2D eigenvalue weighted by atomic mass is 9.92. The fraction of sp³-hybridized carbons (Fsp3) is 0.214. The van der Waals surface area contributed by atoms with Gasteiger partial charge in [-0.1, -0.05) is 66.7 Å². The molecule has 3 aromatic carbocycles. The van der Waals surface area contributed by atoms with Crippen molar-refractivity contribution in [3.63, 3.8) is 0 Å². The molecule has 3 N–H and O–H groups in total. The van der Waals surface area contributed by atoms with Gasteiger partial charge in [-0.2, -0.15) is 0 Å². The van der Waals surface area contributed by atoms with Crippen LogP contribution in [-0.2, 0) is 24.2 Å². The Labute approximate surface area is 198 Å². The first-order valence-corrected chi connectivity index (χ1v) is 11.4. The Morgan fingerprint density at radius 2 is 1.74 bits per heavy atom. The normalized spacial score (nSPS) is 16.2. The molecule has 1 aliphatic rings. The van der Waals surface area contributed by atoms with Gasteiger partial charge in [0.1, 0.15) is 11.8 Å². The number of nitrogens with two attached hydrogens (primary N) is 1. The van der Waals surface area contributed by atoms with E-state index in [1.165, 1.54) is 5.56 Å². The zero-order valence-electron chi connectivity index (χ0n) is 19.0. The van der Waals surface area contributed by atoms with E-state index in [0.717, 1.165) is 28.1 Å². The quantitative estimate of drug-likeness (QED) is 0.462. The minimum absolute atomic E-state index is 0.148. The van der Waals surface area contributed by atoms with Gasteiger partial charge in [0.05, 0.1) is 11.7 Å². The molecule has 0 radical (unpaired) electrons. The van der Waals surface area contributed by atoms with E-state index in [9.17, 15) is 9.90 Å². The topological polar surface area (TPSA) is 92.6 Å². The average molecular weight is 454 g/mol. The predicted octanol–water partition coefficient (Wildman–Crippen LogP) is 4.55. The maximum atomic E-state index is 13.6. The van der Waals surface area contributed by atoms with E-state index in [0.29, 0.717) is 25.3 Å². The number of amides is 1. The van der Waals surface area contributed by atoms with Crippen LogP contribution < -0.4 is 5.73 Å². The number of rotatable bonds is 5. The van der Waals surface area contributed by atoms with Crippen molar-refractivity contribution in [3.8, 4) is 17.1 Å². The Balaban J connectivity index is 1.47. The van der Waals surface area contributed by atoms with E-state index >= 15 is 0 Å². The standard InChI is InChI=1S/C28H27N3O3/c1-18-26(20-7-3-2-4-8-20)34-27(30-18)25-16-21-9-5-6-10-22(21)17-31(25)28(33)24(29)15-19-11-13-23(32)14-12-19/h2-14,24-25,32H,15-17,29H2,1H3/t24-,25-/m0/s1. The molecule has 0 fully saturated rings. The highest BCUT2D eigenvalue weighted by Crippen LogP contribution is 2.36. The molecule has 1 aliphatic heterocycles. The van der Waals surface area contributed by atoms with Gasteiger partial charge < -0.3 is 20.2 Å². The number of fused-ring (bicyclic) bond motifs is 1. The van der Waals surface area contributed by atoms with Crippen molar-refractivity contribution in [2.45, 2.75) is 38.4 Å². The van der Waals surface area contributed by atoms with Crippen LogP contribution in [-0.4, -0.2) is 26.9 Å². The van der Waals surface area contributed by atoms with Gasteiger partial charge in [-0.15, -0.1) is 0 Å². The maximum Gasteiger partial charge on any atom is 0.240 e. The molecule has 0 unspecified atom stereocenters. The van der Waals surface area contributed by atoms with E-state index in [2.05, 4.69) is 6.07 Å². The number of nitrogens with zero attached hydrogens (tertiary/aromatic N) is 2. The van der Waals surface area contributed by atoms with Crippen LogP contribution in [0.4, 0.5) is 0 Å². The van der Waals surface area contributed by atoms with Crippen LogP contribution >= 0.6 is 0 Å². The zero-order chi connectivity index (χ0) is 23.7.